The Morgan fingerprint density at radius 3 is 2.58 bits per heavy atom. The van der Waals surface area contributed by atoms with Gasteiger partial charge in [0.15, 0.2) is 0 Å². The van der Waals surface area contributed by atoms with E-state index in [9.17, 15) is 19.1 Å². The van der Waals surface area contributed by atoms with E-state index in [1.165, 1.54) is 23.8 Å². The van der Waals surface area contributed by atoms with E-state index in [1.54, 1.807) is 0 Å². The number of amides is 1. The fourth-order valence-corrected chi connectivity index (χ4v) is 5.14. The highest BCUT2D eigenvalue weighted by atomic mass is 79.9. The monoisotopic (exact) mass is 597 g/mol. The van der Waals surface area contributed by atoms with E-state index < -0.39 is 30.0 Å². The van der Waals surface area contributed by atoms with Crippen LogP contribution in [-0.4, -0.2) is 35.1 Å². The van der Waals surface area contributed by atoms with Crippen molar-refractivity contribution in [1.82, 2.24) is 10.3 Å². The highest BCUT2D eigenvalue weighted by molar-refractivity contribution is 9.10. The summed E-state index contributed by atoms with van der Waals surface area (Å²) in [5, 5.41) is 16.4. The number of aliphatic carboxylic acids is 1. The zero-order chi connectivity index (χ0) is 27.2. The zero-order valence-electron chi connectivity index (χ0n) is 20.6. The molecular weight excluding hydrogens is 573 g/mol. The highest BCUT2D eigenvalue weighted by Gasteiger charge is 2.24. The van der Waals surface area contributed by atoms with Gasteiger partial charge in [-0.1, -0.05) is 63.9 Å². The van der Waals surface area contributed by atoms with Gasteiger partial charge in [0, 0.05) is 45.0 Å². The number of carboxylic acids is 1. The van der Waals surface area contributed by atoms with E-state index in [1.807, 2.05) is 55.5 Å². The molecule has 0 bridgehead atoms. The van der Waals surface area contributed by atoms with Gasteiger partial charge in [0.25, 0.3) is 5.91 Å². The van der Waals surface area contributed by atoms with Gasteiger partial charge < -0.3 is 15.7 Å². The van der Waals surface area contributed by atoms with E-state index >= 15 is 0 Å². The van der Waals surface area contributed by atoms with Gasteiger partial charge in [-0.15, -0.1) is 0 Å². The van der Waals surface area contributed by atoms with Gasteiger partial charge in [0.05, 0.1) is 17.5 Å². The second-order valence-corrected chi connectivity index (χ2v) is 10.2. The summed E-state index contributed by atoms with van der Waals surface area (Å²) in [5.41, 5.74) is 2.94. The number of carboxylic acid groups (broad SMARTS) is 1. The Balaban J connectivity index is 1.62. The van der Waals surface area contributed by atoms with Crippen molar-refractivity contribution in [2.45, 2.75) is 25.7 Å². The van der Waals surface area contributed by atoms with E-state index in [2.05, 4.69) is 26.6 Å². The van der Waals surface area contributed by atoms with Crippen LogP contribution in [0.2, 0.25) is 5.02 Å². The number of anilines is 1. The topological polar surface area (TPSA) is 91.3 Å². The lowest BCUT2D eigenvalue weighted by molar-refractivity contribution is -0.137. The van der Waals surface area contributed by atoms with Crippen LogP contribution in [-0.2, 0) is 11.2 Å². The molecule has 1 atom stereocenters. The van der Waals surface area contributed by atoms with Crippen molar-refractivity contribution in [3.8, 4) is 0 Å². The van der Waals surface area contributed by atoms with Crippen LogP contribution in [0, 0.1) is 12.7 Å². The average molecular weight is 599 g/mol. The van der Waals surface area contributed by atoms with Gasteiger partial charge in [0.2, 0.25) is 0 Å². The van der Waals surface area contributed by atoms with Crippen LogP contribution in [0.1, 0.15) is 39.4 Å². The molecule has 0 radical (unpaired) electrons. The molecule has 1 amide bonds. The first-order chi connectivity index (χ1) is 18.2. The Kier molecular flexibility index (Phi) is 8.97. The summed E-state index contributed by atoms with van der Waals surface area (Å²) in [6.45, 7) is 2.32. The number of fused-ring (bicyclic) bond motifs is 1. The number of pyridine rings is 1. The first kappa shape index (κ1) is 27.5. The molecule has 0 saturated carbocycles. The summed E-state index contributed by atoms with van der Waals surface area (Å²) in [5.74, 6) is -2.42. The number of halogens is 3. The number of nitrogens with zero attached hydrogens (tertiary/aromatic N) is 1. The number of hydrogen-bond acceptors (Lipinski definition) is 4. The minimum Gasteiger partial charge on any atom is -0.481 e. The molecule has 196 valence electrons. The number of rotatable bonds is 10. The molecule has 1 unspecified atom stereocenters. The second kappa shape index (κ2) is 12.4. The van der Waals surface area contributed by atoms with Crippen molar-refractivity contribution in [3.05, 3.63) is 104 Å². The summed E-state index contributed by atoms with van der Waals surface area (Å²) >= 11 is 9.67. The van der Waals surface area contributed by atoms with Gasteiger partial charge >= 0.3 is 5.97 Å². The second-order valence-electron chi connectivity index (χ2n) is 8.92. The molecule has 0 aliphatic rings. The maximum Gasteiger partial charge on any atom is 0.304 e. The smallest absolute Gasteiger partial charge is 0.304 e. The molecule has 0 aliphatic carbocycles. The Morgan fingerprint density at radius 2 is 1.87 bits per heavy atom. The lowest BCUT2D eigenvalue weighted by Crippen LogP contribution is -2.31. The maximum atomic E-state index is 14.6. The van der Waals surface area contributed by atoms with Crippen LogP contribution in [0.25, 0.3) is 10.9 Å². The number of carbonyl (C=O) groups is 2. The average Bonchev–Trinajstić information content (AvgIpc) is 2.87. The Labute approximate surface area is 233 Å². The quantitative estimate of drug-likeness (QED) is 0.188. The molecule has 4 rings (SSSR count). The van der Waals surface area contributed by atoms with Crippen LogP contribution in [0.5, 0.6) is 0 Å². The van der Waals surface area contributed by atoms with Crippen molar-refractivity contribution in [3.63, 3.8) is 0 Å². The molecule has 1 heterocycles. The number of aromatic nitrogens is 1. The fourth-order valence-electron chi connectivity index (χ4n) is 4.46. The third kappa shape index (κ3) is 6.49. The van der Waals surface area contributed by atoms with E-state index in [0.717, 1.165) is 10.9 Å². The van der Waals surface area contributed by atoms with Crippen LogP contribution in [0.4, 0.5) is 10.2 Å². The lowest BCUT2D eigenvalue weighted by Gasteiger charge is -2.20. The standard InChI is InChI=1S/C29H26BrClFN3O3/c1-17-26(29(38)34-16-19(14-25(36)37)27-22(31)8-5-9-23(27)32)21-15-20(30)10-11-24(21)35-28(17)33-13-12-18-6-3-2-4-7-18/h2-11,15,19H,12-14,16H2,1H3,(H,33,35)(H,34,38)(H,36,37). The van der Waals surface area contributed by atoms with Crippen molar-refractivity contribution >= 4 is 56.1 Å². The molecule has 0 spiro atoms. The van der Waals surface area contributed by atoms with Crippen LogP contribution >= 0.6 is 27.5 Å². The van der Waals surface area contributed by atoms with Gasteiger partial charge in [-0.25, -0.2) is 9.37 Å². The minimum absolute atomic E-state index is 0.0687. The van der Waals surface area contributed by atoms with Crippen molar-refractivity contribution in [1.29, 1.82) is 0 Å². The van der Waals surface area contributed by atoms with Crippen LogP contribution in [0.15, 0.2) is 71.2 Å². The van der Waals surface area contributed by atoms with Gasteiger partial charge in [-0.05, 0) is 49.2 Å². The number of hydrogen-bond donors (Lipinski definition) is 3. The largest absolute Gasteiger partial charge is 0.481 e. The summed E-state index contributed by atoms with van der Waals surface area (Å²) in [7, 11) is 0. The van der Waals surface area contributed by atoms with E-state index in [-0.39, 0.29) is 17.1 Å². The lowest BCUT2D eigenvalue weighted by atomic mass is 9.94. The molecule has 0 saturated heterocycles. The first-order valence-corrected chi connectivity index (χ1v) is 13.2. The summed E-state index contributed by atoms with van der Waals surface area (Å²) in [6, 6.07) is 19.7. The minimum atomic E-state index is -1.12. The maximum absolute atomic E-state index is 14.6. The normalized spacial score (nSPS) is 11.8. The van der Waals surface area contributed by atoms with E-state index in [0.29, 0.717) is 34.4 Å². The summed E-state index contributed by atoms with van der Waals surface area (Å²) in [4.78, 5) is 29.8. The first-order valence-electron chi connectivity index (χ1n) is 12.1. The van der Waals surface area contributed by atoms with Crippen molar-refractivity contribution < 1.29 is 19.1 Å². The summed E-state index contributed by atoms with van der Waals surface area (Å²) < 4.78 is 15.4. The molecule has 6 nitrogen and oxygen atoms in total. The Morgan fingerprint density at radius 1 is 1.11 bits per heavy atom. The Hall–Kier alpha value is -3.49. The van der Waals surface area contributed by atoms with Gasteiger partial charge in [-0.3, -0.25) is 9.59 Å². The predicted molar refractivity (Wildman–Crippen MR) is 152 cm³/mol. The number of carbonyl (C=O) groups excluding carboxylic acids is 1. The molecule has 3 N–H and O–H groups in total. The molecule has 0 fully saturated rings. The molecular formula is C29H26BrClFN3O3. The van der Waals surface area contributed by atoms with E-state index in [4.69, 9.17) is 16.6 Å². The summed E-state index contributed by atoms with van der Waals surface area (Å²) in [6.07, 6.45) is 0.386. The molecule has 3 aromatic carbocycles. The Bertz CT molecular complexity index is 1460. The number of benzene rings is 3. The SMILES string of the molecule is Cc1c(NCCc2ccccc2)nc2ccc(Br)cc2c1C(=O)NCC(CC(=O)O)c1c(F)cccc1Cl. The van der Waals surface area contributed by atoms with Crippen LogP contribution < -0.4 is 10.6 Å². The third-order valence-electron chi connectivity index (χ3n) is 6.30. The van der Waals surface area contributed by atoms with Gasteiger partial charge in [-0.2, -0.15) is 0 Å². The molecule has 1 aromatic heterocycles. The van der Waals surface area contributed by atoms with Crippen LogP contribution in [0.3, 0.4) is 0 Å². The number of nitrogens with one attached hydrogen (secondary N) is 2. The van der Waals surface area contributed by atoms with Gasteiger partial charge in [0.1, 0.15) is 11.6 Å². The van der Waals surface area contributed by atoms with Crippen molar-refractivity contribution in [2.24, 2.45) is 0 Å². The molecule has 0 aliphatic heterocycles. The predicted octanol–water partition coefficient (Wildman–Crippen LogP) is 6.74. The zero-order valence-corrected chi connectivity index (χ0v) is 22.9. The fraction of sp³-hybridized carbons (Fsp3) is 0.207. The molecule has 9 heteroatoms. The highest BCUT2D eigenvalue weighted by Crippen LogP contribution is 2.31. The molecule has 38 heavy (non-hydrogen) atoms. The molecule has 4 aromatic rings. The third-order valence-corrected chi connectivity index (χ3v) is 7.13. The van der Waals surface area contributed by atoms with Crippen molar-refractivity contribution in [2.75, 3.05) is 18.4 Å².